The minimum absolute atomic E-state index is 0.0204. The van der Waals surface area contributed by atoms with Gasteiger partial charge in [0.25, 0.3) is 5.91 Å². The largest absolute Gasteiger partial charge is 0.456 e. The normalized spacial score (nSPS) is 20.8. The second kappa shape index (κ2) is 7.16. The van der Waals surface area contributed by atoms with Crippen LogP contribution in [0.2, 0.25) is 0 Å². The highest BCUT2D eigenvalue weighted by molar-refractivity contribution is 6.39. The number of ether oxygens (including phenoxy) is 1. The molecule has 0 bridgehead atoms. The van der Waals surface area contributed by atoms with Gasteiger partial charge >= 0.3 is 5.97 Å². The van der Waals surface area contributed by atoms with E-state index in [1.807, 2.05) is 56.3 Å². The predicted octanol–water partition coefficient (Wildman–Crippen LogP) is 2.40. The molecule has 4 rings (SSSR count). The molecule has 1 atom stereocenters. The highest BCUT2D eigenvalue weighted by Gasteiger charge is 2.56. The average molecular weight is 391 g/mol. The third kappa shape index (κ3) is 3.40. The molecule has 0 aromatic heterocycles. The van der Waals surface area contributed by atoms with E-state index in [4.69, 9.17) is 4.74 Å². The van der Waals surface area contributed by atoms with Gasteiger partial charge in [-0.25, -0.2) is 9.69 Å². The highest BCUT2D eigenvalue weighted by Crippen LogP contribution is 2.35. The molecule has 29 heavy (non-hydrogen) atoms. The van der Waals surface area contributed by atoms with Crippen molar-refractivity contribution in [3.8, 4) is 0 Å². The number of nitrogens with zero attached hydrogens (tertiary/aromatic N) is 2. The first-order valence-electron chi connectivity index (χ1n) is 9.39. The zero-order chi connectivity index (χ0) is 20.6. The van der Waals surface area contributed by atoms with Crippen LogP contribution >= 0.6 is 0 Å². The van der Waals surface area contributed by atoms with Gasteiger partial charge < -0.3 is 4.74 Å². The number of hydrogen-bond donors (Lipinski definition) is 1. The Morgan fingerprint density at radius 2 is 1.86 bits per heavy atom. The Morgan fingerprint density at radius 3 is 2.59 bits per heavy atom. The lowest BCUT2D eigenvalue weighted by molar-refractivity contribution is -0.136. The number of carbonyl (C=O) groups excluding carboxylic acids is 3. The summed E-state index contributed by atoms with van der Waals surface area (Å²) in [5, 5.41) is 4.02. The number of anilines is 1. The number of nitrogens with one attached hydrogen (secondary N) is 1. The number of hydrazone groups is 1. The van der Waals surface area contributed by atoms with Crippen LogP contribution in [-0.2, 0) is 25.7 Å². The molecule has 7 nitrogen and oxygen atoms in total. The van der Waals surface area contributed by atoms with Crippen LogP contribution < -0.4 is 10.3 Å². The summed E-state index contributed by atoms with van der Waals surface area (Å²) in [6, 6.07) is 14.7. The minimum atomic E-state index is -1.23. The van der Waals surface area contributed by atoms with Gasteiger partial charge in [0.1, 0.15) is 17.9 Å². The third-order valence-electron chi connectivity index (χ3n) is 5.39. The second-order valence-corrected chi connectivity index (χ2v) is 7.47. The number of amides is 2. The molecular formula is C22H21N3O4. The molecular weight excluding hydrogens is 370 g/mol. The number of hydrogen-bond acceptors (Lipinski definition) is 6. The maximum atomic E-state index is 13.1. The zero-order valence-corrected chi connectivity index (χ0v) is 16.3. The number of imide groups is 1. The third-order valence-corrected chi connectivity index (χ3v) is 5.39. The van der Waals surface area contributed by atoms with Crippen LogP contribution in [-0.4, -0.2) is 29.0 Å². The van der Waals surface area contributed by atoms with Gasteiger partial charge in [-0.05, 0) is 42.7 Å². The summed E-state index contributed by atoms with van der Waals surface area (Å²) >= 11 is 0. The first kappa shape index (κ1) is 18.9. The van der Waals surface area contributed by atoms with Crippen LogP contribution in [0.4, 0.5) is 5.69 Å². The van der Waals surface area contributed by atoms with Gasteiger partial charge in [0.15, 0.2) is 0 Å². The summed E-state index contributed by atoms with van der Waals surface area (Å²) in [6.07, 6.45) is -0.0374. The Hall–Kier alpha value is -3.48. The molecule has 2 amide bonds. The van der Waals surface area contributed by atoms with Crippen molar-refractivity contribution in [2.75, 3.05) is 4.90 Å². The van der Waals surface area contributed by atoms with Gasteiger partial charge in [0.2, 0.25) is 5.91 Å². The monoisotopic (exact) mass is 391 g/mol. The Kier molecular flexibility index (Phi) is 4.66. The minimum Gasteiger partial charge on any atom is -0.456 e. The quantitative estimate of drug-likeness (QED) is 0.639. The molecule has 0 saturated carbocycles. The number of benzene rings is 2. The fourth-order valence-corrected chi connectivity index (χ4v) is 3.56. The molecule has 2 aromatic carbocycles. The van der Waals surface area contributed by atoms with E-state index in [9.17, 15) is 14.4 Å². The van der Waals surface area contributed by atoms with E-state index in [1.165, 1.54) is 4.90 Å². The molecule has 0 radical (unpaired) electrons. The summed E-state index contributed by atoms with van der Waals surface area (Å²) in [4.78, 5) is 39.3. The van der Waals surface area contributed by atoms with Crippen LogP contribution in [0.3, 0.4) is 0 Å². The van der Waals surface area contributed by atoms with E-state index in [-0.39, 0.29) is 31.1 Å². The fraction of sp³-hybridized carbons (Fsp3) is 0.273. The molecule has 1 saturated heterocycles. The van der Waals surface area contributed by atoms with Crippen molar-refractivity contribution in [3.05, 3.63) is 65.2 Å². The van der Waals surface area contributed by atoms with Crippen LogP contribution in [0.25, 0.3) is 0 Å². The number of esters is 1. The molecule has 1 spiro atoms. The van der Waals surface area contributed by atoms with Gasteiger partial charge in [-0.3, -0.25) is 15.0 Å². The molecule has 148 valence electrons. The van der Waals surface area contributed by atoms with Crippen molar-refractivity contribution in [1.29, 1.82) is 0 Å². The van der Waals surface area contributed by atoms with Crippen molar-refractivity contribution in [3.63, 3.8) is 0 Å². The van der Waals surface area contributed by atoms with Crippen LogP contribution in [0, 0.1) is 13.8 Å². The summed E-state index contributed by atoms with van der Waals surface area (Å²) in [5.74, 6) is -1.32. The lowest BCUT2D eigenvalue weighted by Crippen LogP contribution is -2.47. The summed E-state index contributed by atoms with van der Waals surface area (Å²) in [5.41, 5.74) is 5.09. The topological polar surface area (TPSA) is 88.1 Å². The number of rotatable bonds is 4. The van der Waals surface area contributed by atoms with E-state index in [0.29, 0.717) is 5.69 Å². The van der Waals surface area contributed by atoms with E-state index in [2.05, 4.69) is 10.5 Å². The standard InChI is InChI=1S/C22H21N3O4/c1-14-8-9-17(10-15(14)2)25-19(26)12-22(21(25)28)11-18(23-24-22)20(27)29-13-16-6-4-3-5-7-16/h3-10,24H,11-13H2,1-2H3/t22-/m1/s1. The number of aryl methyl sites for hydroxylation is 2. The lowest BCUT2D eigenvalue weighted by Gasteiger charge is -2.21. The average Bonchev–Trinajstić information content (AvgIpc) is 3.24. The molecule has 0 aliphatic carbocycles. The maximum Gasteiger partial charge on any atom is 0.354 e. The summed E-state index contributed by atoms with van der Waals surface area (Å²) in [7, 11) is 0. The first-order valence-corrected chi connectivity index (χ1v) is 9.39. The van der Waals surface area contributed by atoms with E-state index >= 15 is 0 Å². The van der Waals surface area contributed by atoms with Gasteiger partial charge in [-0.15, -0.1) is 0 Å². The SMILES string of the molecule is Cc1ccc(N2C(=O)C[C@]3(CC(C(=O)OCc4ccccc4)=NN3)C2=O)cc1C. The molecule has 2 aliphatic rings. The van der Waals surface area contributed by atoms with Crippen LogP contribution in [0.15, 0.2) is 53.6 Å². The molecule has 2 aliphatic heterocycles. The molecule has 0 unspecified atom stereocenters. The van der Waals surface area contributed by atoms with Crippen LogP contribution in [0.5, 0.6) is 0 Å². The van der Waals surface area contributed by atoms with E-state index in [1.54, 1.807) is 6.07 Å². The molecule has 7 heteroatoms. The smallest absolute Gasteiger partial charge is 0.354 e. The molecule has 2 aromatic rings. The lowest BCUT2D eigenvalue weighted by atomic mass is 9.92. The van der Waals surface area contributed by atoms with E-state index < -0.39 is 17.4 Å². The van der Waals surface area contributed by atoms with Gasteiger partial charge in [0, 0.05) is 6.42 Å². The first-order chi connectivity index (χ1) is 13.9. The summed E-state index contributed by atoms with van der Waals surface area (Å²) in [6.45, 7) is 4.01. The Balaban J connectivity index is 1.46. The van der Waals surface area contributed by atoms with Gasteiger partial charge in [-0.2, -0.15) is 5.10 Å². The van der Waals surface area contributed by atoms with Crippen molar-refractivity contribution in [2.24, 2.45) is 5.10 Å². The Bertz CT molecular complexity index is 1030. The van der Waals surface area contributed by atoms with Crippen molar-refractivity contribution < 1.29 is 19.1 Å². The molecule has 2 heterocycles. The predicted molar refractivity (Wildman–Crippen MR) is 107 cm³/mol. The Labute approximate surface area is 168 Å². The van der Waals surface area contributed by atoms with Gasteiger partial charge in [-0.1, -0.05) is 36.4 Å². The zero-order valence-electron chi connectivity index (χ0n) is 16.3. The van der Waals surface area contributed by atoms with Gasteiger partial charge in [0.05, 0.1) is 12.1 Å². The maximum absolute atomic E-state index is 13.1. The Morgan fingerprint density at radius 1 is 1.10 bits per heavy atom. The molecule has 1 N–H and O–H groups in total. The van der Waals surface area contributed by atoms with Crippen molar-refractivity contribution in [1.82, 2.24) is 5.43 Å². The second-order valence-electron chi connectivity index (χ2n) is 7.47. The fourth-order valence-electron chi connectivity index (χ4n) is 3.56. The van der Waals surface area contributed by atoms with Crippen molar-refractivity contribution in [2.45, 2.75) is 38.8 Å². The highest BCUT2D eigenvalue weighted by atomic mass is 16.5. The van der Waals surface area contributed by atoms with E-state index in [0.717, 1.165) is 16.7 Å². The van der Waals surface area contributed by atoms with Crippen LogP contribution in [0.1, 0.15) is 29.5 Å². The van der Waals surface area contributed by atoms with Crippen molar-refractivity contribution >= 4 is 29.2 Å². The number of carbonyl (C=O) groups is 3. The summed E-state index contributed by atoms with van der Waals surface area (Å²) < 4.78 is 5.30. The molecule has 1 fully saturated rings.